The molecule has 174 valence electrons. The van der Waals surface area contributed by atoms with Crippen molar-refractivity contribution in [3.63, 3.8) is 0 Å². The van der Waals surface area contributed by atoms with Gasteiger partial charge in [0.05, 0.1) is 13.7 Å². The highest BCUT2D eigenvalue weighted by Crippen LogP contribution is 2.19. The second-order valence-corrected chi connectivity index (χ2v) is 7.65. The number of halogens is 1. The molecule has 8 heteroatoms. The highest BCUT2D eigenvalue weighted by atomic mass is 127. The molecule has 0 aliphatic heterocycles. The summed E-state index contributed by atoms with van der Waals surface area (Å²) in [6.45, 7) is 4.12. The van der Waals surface area contributed by atoms with Gasteiger partial charge >= 0.3 is 0 Å². The molecule has 2 N–H and O–H groups in total. The fraction of sp³-hybridized carbons (Fsp3) is 0.417. The van der Waals surface area contributed by atoms with E-state index in [9.17, 15) is 4.79 Å². The highest BCUT2D eigenvalue weighted by Gasteiger charge is 2.23. The van der Waals surface area contributed by atoms with Gasteiger partial charge in [0, 0.05) is 26.2 Å². The minimum absolute atomic E-state index is 0. The van der Waals surface area contributed by atoms with Crippen LogP contribution in [0.5, 0.6) is 11.5 Å². The Bertz CT molecular complexity index is 885. The van der Waals surface area contributed by atoms with Gasteiger partial charge in [0.25, 0.3) is 5.91 Å². The Morgan fingerprint density at radius 1 is 1.12 bits per heavy atom. The van der Waals surface area contributed by atoms with Crippen molar-refractivity contribution in [3.8, 4) is 11.5 Å². The zero-order valence-corrected chi connectivity index (χ0v) is 21.3. The molecule has 0 heterocycles. The van der Waals surface area contributed by atoms with Crippen molar-refractivity contribution in [2.45, 2.75) is 38.9 Å². The molecule has 1 aliphatic rings. The van der Waals surface area contributed by atoms with E-state index in [1.165, 1.54) is 5.56 Å². The van der Waals surface area contributed by atoms with Crippen LogP contribution in [0.25, 0.3) is 0 Å². The Morgan fingerprint density at radius 2 is 1.88 bits per heavy atom. The second kappa shape index (κ2) is 13.1. The molecular formula is C24H33IN4O3. The molecule has 7 nitrogen and oxygen atoms in total. The molecule has 1 amide bonds. The lowest BCUT2D eigenvalue weighted by atomic mass is 10.2. The molecule has 0 radical (unpaired) electrons. The fourth-order valence-electron chi connectivity index (χ4n) is 3.10. The SMILES string of the molecule is CCNC(=NCc1cccc(OCC(=O)NC2CC2)c1)N(C)Cc1ccc(OC)cc1.I. The van der Waals surface area contributed by atoms with Crippen LogP contribution in [0.15, 0.2) is 53.5 Å². The summed E-state index contributed by atoms with van der Waals surface area (Å²) < 4.78 is 10.9. The first kappa shape index (κ1) is 25.8. The van der Waals surface area contributed by atoms with Crippen molar-refractivity contribution in [1.82, 2.24) is 15.5 Å². The van der Waals surface area contributed by atoms with Gasteiger partial charge in [-0.05, 0) is 55.2 Å². The van der Waals surface area contributed by atoms with Crippen LogP contribution < -0.4 is 20.1 Å². The smallest absolute Gasteiger partial charge is 0.258 e. The molecule has 0 spiro atoms. The summed E-state index contributed by atoms with van der Waals surface area (Å²) in [5.41, 5.74) is 2.20. The van der Waals surface area contributed by atoms with E-state index in [0.717, 1.165) is 43.2 Å². The van der Waals surface area contributed by atoms with E-state index in [4.69, 9.17) is 14.5 Å². The maximum atomic E-state index is 11.8. The van der Waals surface area contributed by atoms with Gasteiger partial charge in [-0.1, -0.05) is 24.3 Å². The zero-order valence-electron chi connectivity index (χ0n) is 19.0. The number of carbonyl (C=O) groups is 1. The van der Waals surface area contributed by atoms with Crippen molar-refractivity contribution < 1.29 is 14.3 Å². The summed E-state index contributed by atoms with van der Waals surface area (Å²) in [7, 11) is 3.68. The van der Waals surface area contributed by atoms with E-state index in [-0.39, 0.29) is 36.5 Å². The third-order valence-electron chi connectivity index (χ3n) is 4.90. The Balaban J connectivity index is 0.00000363. The topological polar surface area (TPSA) is 75.2 Å². The first-order valence-electron chi connectivity index (χ1n) is 10.7. The third-order valence-corrected chi connectivity index (χ3v) is 4.90. The molecular weight excluding hydrogens is 519 g/mol. The molecule has 2 aromatic rings. The van der Waals surface area contributed by atoms with E-state index in [1.54, 1.807) is 7.11 Å². The van der Waals surface area contributed by atoms with Crippen LogP contribution in [0, 0.1) is 0 Å². The lowest BCUT2D eigenvalue weighted by Gasteiger charge is -2.22. The van der Waals surface area contributed by atoms with E-state index in [1.807, 2.05) is 43.4 Å². The van der Waals surface area contributed by atoms with Crippen LogP contribution in [0.2, 0.25) is 0 Å². The second-order valence-electron chi connectivity index (χ2n) is 7.65. The molecule has 3 rings (SSSR count). The standard InChI is InChI=1S/C24H32N4O3.HI/c1-4-25-24(28(2)16-18-8-12-21(30-3)13-9-18)26-15-19-6-5-7-22(14-19)31-17-23(29)27-20-10-11-20;/h5-9,12-14,20H,4,10-11,15-17H2,1-3H3,(H,25,26)(H,27,29);1H. The summed E-state index contributed by atoms with van der Waals surface area (Å²) in [5.74, 6) is 2.28. The Kier molecular flexibility index (Phi) is 10.6. The van der Waals surface area contributed by atoms with Crippen molar-refractivity contribution in [3.05, 3.63) is 59.7 Å². The number of carbonyl (C=O) groups excluding carboxylic acids is 1. The summed E-state index contributed by atoms with van der Waals surface area (Å²) in [6.07, 6.45) is 2.14. The van der Waals surface area contributed by atoms with Gasteiger partial charge in [0.2, 0.25) is 0 Å². The Hall–Kier alpha value is -2.49. The van der Waals surface area contributed by atoms with Crippen LogP contribution in [0.1, 0.15) is 30.9 Å². The number of rotatable bonds is 10. The van der Waals surface area contributed by atoms with Crippen LogP contribution in [0.4, 0.5) is 0 Å². The Labute approximate surface area is 207 Å². The summed E-state index contributed by atoms with van der Waals surface area (Å²) in [5, 5.41) is 6.27. The fourth-order valence-corrected chi connectivity index (χ4v) is 3.10. The predicted octanol–water partition coefficient (Wildman–Crippen LogP) is 3.57. The normalized spacial score (nSPS) is 13.0. The van der Waals surface area contributed by atoms with E-state index < -0.39 is 0 Å². The number of amides is 1. The van der Waals surface area contributed by atoms with Crippen LogP contribution in [-0.2, 0) is 17.9 Å². The van der Waals surface area contributed by atoms with Gasteiger partial charge < -0.3 is 25.0 Å². The van der Waals surface area contributed by atoms with Gasteiger partial charge in [-0.2, -0.15) is 0 Å². The number of aliphatic imine (C=N–C) groups is 1. The van der Waals surface area contributed by atoms with Gasteiger partial charge in [0.15, 0.2) is 12.6 Å². The molecule has 1 aliphatic carbocycles. The number of benzene rings is 2. The number of hydrogen-bond donors (Lipinski definition) is 2. The molecule has 0 unspecified atom stereocenters. The molecule has 32 heavy (non-hydrogen) atoms. The predicted molar refractivity (Wildman–Crippen MR) is 138 cm³/mol. The number of nitrogens with zero attached hydrogens (tertiary/aromatic N) is 2. The lowest BCUT2D eigenvalue weighted by molar-refractivity contribution is -0.123. The molecule has 0 bridgehead atoms. The number of hydrogen-bond acceptors (Lipinski definition) is 4. The Morgan fingerprint density at radius 3 is 2.53 bits per heavy atom. The molecule has 0 saturated heterocycles. The maximum Gasteiger partial charge on any atom is 0.258 e. The molecule has 1 fully saturated rings. The first-order chi connectivity index (χ1) is 15.1. The summed E-state index contributed by atoms with van der Waals surface area (Å²) in [6, 6.07) is 16.1. The van der Waals surface area contributed by atoms with E-state index >= 15 is 0 Å². The number of guanidine groups is 1. The molecule has 0 atom stereocenters. The molecule has 1 saturated carbocycles. The van der Waals surface area contributed by atoms with Gasteiger partial charge in [0.1, 0.15) is 11.5 Å². The van der Waals surface area contributed by atoms with Crippen molar-refractivity contribution in [2.24, 2.45) is 4.99 Å². The lowest BCUT2D eigenvalue weighted by Crippen LogP contribution is -2.38. The highest BCUT2D eigenvalue weighted by molar-refractivity contribution is 14.0. The number of methoxy groups -OCH3 is 1. The average molecular weight is 552 g/mol. The largest absolute Gasteiger partial charge is 0.497 e. The van der Waals surface area contributed by atoms with Crippen LogP contribution in [-0.4, -0.2) is 50.1 Å². The monoisotopic (exact) mass is 552 g/mol. The number of ether oxygens (including phenoxy) is 2. The average Bonchev–Trinajstić information content (AvgIpc) is 3.60. The minimum Gasteiger partial charge on any atom is -0.497 e. The van der Waals surface area contributed by atoms with E-state index in [2.05, 4.69) is 34.6 Å². The van der Waals surface area contributed by atoms with Crippen molar-refractivity contribution in [2.75, 3.05) is 27.3 Å². The van der Waals surface area contributed by atoms with E-state index in [0.29, 0.717) is 18.3 Å². The van der Waals surface area contributed by atoms with Crippen molar-refractivity contribution in [1.29, 1.82) is 0 Å². The van der Waals surface area contributed by atoms with Crippen molar-refractivity contribution >= 4 is 35.8 Å². The van der Waals surface area contributed by atoms with Crippen LogP contribution >= 0.6 is 24.0 Å². The first-order valence-corrected chi connectivity index (χ1v) is 10.7. The quantitative estimate of drug-likeness (QED) is 0.268. The molecule has 0 aromatic heterocycles. The third kappa shape index (κ3) is 8.57. The van der Waals surface area contributed by atoms with Gasteiger partial charge in [-0.25, -0.2) is 4.99 Å². The number of nitrogens with one attached hydrogen (secondary N) is 2. The zero-order chi connectivity index (χ0) is 22.1. The maximum absolute atomic E-state index is 11.8. The summed E-state index contributed by atoms with van der Waals surface area (Å²) >= 11 is 0. The molecule has 2 aromatic carbocycles. The minimum atomic E-state index is -0.0690. The summed E-state index contributed by atoms with van der Waals surface area (Å²) in [4.78, 5) is 18.7. The van der Waals surface area contributed by atoms with Crippen LogP contribution in [0.3, 0.4) is 0 Å². The van der Waals surface area contributed by atoms with Gasteiger partial charge in [-0.15, -0.1) is 24.0 Å². The van der Waals surface area contributed by atoms with Gasteiger partial charge in [-0.3, -0.25) is 4.79 Å².